The number of nitro groups is 1. The van der Waals surface area contributed by atoms with Crippen LogP contribution in [0.1, 0.15) is 25.0 Å². The summed E-state index contributed by atoms with van der Waals surface area (Å²) in [7, 11) is -3.08. The number of nitrogens with zero attached hydrogens (tertiary/aromatic N) is 3. The van der Waals surface area contributed by atoms with Crippen LogP contribution in [-0.4, -0.2) is 56.3 Å². The van der Waals surface area contributed by atoms with Crippen molar-refractivity contribution < 1.29 is 32.1 Å². The van der Waals surface area contributed by atoms with Gasteiger partial charge in [0.25, 0.3) is 15.7 Å². The lowest BCUT2D eigenvalue weighted by Gasteiger charge is -2.32. The van der Waals surface area contributed by atoms with Crippen molar-refractivity contribution in [1.29, 1.82) is 0 Å². The molecule has 0 bridgehead atoms. The number of benzene rings is 3. The zero-order valence-corrected chi connectivity index (χ0v) is 23.9. The van der Waals surface area contributed by atoms with E-state index in [1.54, 1.807) is 6.92 Å². The Morgan fingerprint density at radius 2 is 1.71 bits per heavy atom. The summed E-state index contributed by atoms with van der Waals surface area (Å²) in [6, 6.07) is 13.7. The van der Waals surface area contributed by atoms with Crippen molar-refractivity contribution in [3.63, 3.8) is 0 Å². The van der Waals surface area contributed by atoms with E-state index >= 15 is 0 Å². The lowest BCUT2D eigenvalue weighted by molar-refractivity contribution is -0.385. The molecule has 41 heavy (non-hydrogen) atoms. The molecular formula is C28H31FN4O7S. The Labute approximate surface area is 237 Å². The standard InChI is InChI=1S/C28H31FN4O7S/c1-5-30-28(35)20(3)31(17-21-7-9-22(29)10-8-21)27(34)18-32(23-11-13-24(40-4)14-12-23)41(38,39)25-15-6-19(2)26(16-25)33(36)37/h6-16,20H,5,17-18H2,1-4H3,(H,30,35)/t20-/m0/s1. The minimum Gasteiger partial charge on any atom is -0.497 e. The van der Waals surface area contributed by atoms with Gasteiger partial charge in [0.2, 0.25) is 11.8 Å². The summed E-state index contributed by atoms with van der Waals surface area (Å²) in [5, 5.41) is 14.2. The molecule has 0 aliphatic heterocycles. The number of nitro benzene ring substituents is 1. The van der Waals surface area contributed by atoms with Crippen LogP contribution in [0.4, 0.5) is 15.8 Å². The van der Waals surface area contributed by atoms with Crippen LogP contribution in [0.2, 0.25) is 0 Å². The summed E-state index contributed by atoms with van der Waals surface area (Å²) in [5.41, 5.74) is 0.482. The molecule has 2 amide bonds. The molecule has 1 N–H and O–H groups in total. The number of nitrogens with one attached hydrogen (secondary N) is 1. The summed E-state index contributed by atoms with van der Waals surface area (Å²) < 4.78 is 47.3. The average Bonchev–Trinajstić information content (AvgIpc) is 2.95. The van der Waals surface area contributed by atoms with Crippen molar-refractivity contribution in [2.45, 2.75) is 38.3 Å². The molecule has 3 rings (SSSR count). The normalized spacial score (nSPS) is 11.8. The first-order chi connectivity index (χ1) is 19.4. The molecule has 0 saturated carbocycles. The molecule has 0 aliphatic carbocycles. The number of rotatable bonds is 12. The Hall–Kier alpha value is -4.52. The van der Waals surface area contributed by atoms with Gasteiger partial charge in [0.05, 0.1) is 22.6 Å². The van der Waals surface area contributed by atoms with Crippen LogP contribution in [0.5, 0.6) is 5.75 Å². The Morgan fingerprint density at radius 1 is 1.07 bits per heavy atom. The van der Waals surface area contributed by atoms with Gasteiger partial charge in [0.15, 0.2) is 0 Å². The molecule has 3 aromatic rings. The van der Waals surface area contributed by atoms with Gasteiger partial charge in [-0.05, 0) is 68.8 Å². The number of likely N-dealkylation sites (N-methyl/N-ethyl adjacent to an activating group) is 1. The lowest BCUT2D eigenvalue weighted by Crippen LogP contribution is -2.51. The number of ether oxygens (including phenoxy) is 1. The molecule has 0 aliphatic rings. The zero-order valence-electron chi connectivity index (χ0n) is 23.0. The van der Waals surface area contributed by atoms with E-state index in [0.717, 1.165) is 10.4 Å². The molecule has 0 spiro atoms. The topological polar surface area (TPSA) is 139 Å². The molecule has 3 aromatic carbocycles. The van der Waals surface area contributed by atoms with Crippen molar-refractivity contribution in [3.8, 4) is 5.75 Å². The molecular weight excluding hydrogens is 555 g/mol. The fourth-order valence-electron chi connectivity index (χ4n) is 4.04. The highest BCUT2D eigenvalue weighted by molar-refractivity contribution is 7.92. The number of anilines is 1. The largest absolute Gasteiger partial charge is 0.497 e. The fraction of sp³-hybridized carbons (Fsp3) is 0.286. The summed E-state index contributed by atoms with van der Waals surface area (Å²) in [4.78, 5) is 38.2. The van der Waals surface area contributed by atoms with Gasteiger partial charge in [-0.1, -0.05) is 18.2 Å². The van der Waals surface area contributed by atoms with Crippen LogP contribution in [-0.2, 0) is 26.2 Å². The Kier molecular flexibility index (Phi) is 10.0. The van der Waals surface area contributed by atoms with E-state index < -0.39 is 50.9 Å². The van der Waals surface area contributed by atoms with E-state index in [-0.39, 0.29) is 22.7 Å². The first-order valence-electron chi connectivity index (χ1n) is 12.6. The van der Waals surface area contributed by atoms with Gasteiger partial charge in [0, 0.05) is 24.7 Å². The van der Waals surface area contributed by atoms with Crippen molar-refractivity contribution in [2.75, 3.05) is 24.5 Å². The van der Waals surface area contributed by atoms with Gasteiger partial charge < -0.3 is 15.0 Å². The van der Waals surface area contributed by atoms with Crippen LogP contribution in [0.3, 0.4) is 0 Å². The Morgan fingerprint density at radius 3 is 2.27 bits per heavy atom. The Balaban J connectivity index is 2.08. The van der Waals surface area contributed by atoms with E-state index in [2.05, 4.69) is 5.32 Å². The molecule has 0 radical (unpaired) electrons. The third-order valence-corrected chi connectivity index (χ3v) is 8.16. The summed E-state index contributed by atoms with van der Waals surface area (Å²) in [6.45, 7) is 4.17. The molecule has 13 heteroatoms. The second kappa shape index (κ2) is 13.2. The SMILES string of the molecule is CCNC(=O)[C@H](C)N(Cc1ccc(F)cc1)C(=O)CN(c1ccc(OC)cc1)S(=O)(=O)c1ccc(C)c([N+](=O)[O-])c1. The van der Waals surface area contributed by atoms with Crippen molar-refractivity contribution in [2.24, 2.45) is 0 Å². The lowest BCUT2D eigenvalue weighted by atomic mass is 10.1. The summed E-state index contributed by atoms with van der Waals surface area (Å²) in [6.07, 6.45) is 0. The van der Waals surface area contributed by atoms with E-state index in [9.17, 15) is 32.5 Å². The van der Waals surface area contributed by atoms with Gasteiger partial charge in [0.1, 0.15) is 24.2 Å². The van der Waals surface area contributed by atoms with Gasteiger partial charge in [-0.2, -0.15) is 0 Å². The third kappa shape index (κ3) is 7.37. The second-order valence-corrected chi connectivity index (χ2v) is 11.0. The molecule has 218 valence electrons. The highest BCUT2D eigenvalue weighted by atomic mass is 32.2. The molecule has 1 atom stereocenters. The molecule has 0 aromatic heterocycles. The number of carbonyl (C=O) groups excluding carboxylic acids is 2. The monoisotopic (exact) mass is 586 g/mol. The van der Waals surface area contributed by atoms with Crippen molar-refractivity contribution >= 4 is 33.2 Å². The van der Waals surface area contributed by atoms with E-state index in [0.29, 0.717) is 17.9 Å². The predicted octanol–water partition coefficient (Wildman–Crippen LogP) is 3.80. The van der Waals surface area contributed by atoms with Crippen molar-refractivity contribution in [3.05, 3.63) is 93.8 Å². The van der Waals surface area contributed by atoms with Crippen molar-refractivity contribution in [1.82, 2.24) is 10.2 Å². The summed E-state index contributed by atoms with van der Waals surface area (Å²) in [5.74, 6) is -1.23. The number of amides is 2. The predicted molar refractivity (Wildman–Crippen MR) is 150 cm³/mol. The number of methoxy groups -OCH3 is 1. The highest BCUT2D eigenvalue weighted by Crippen LogP contribution is 2.29. The first kappa shape index (κ1) is 31.0. The minimum atomic E-state index is -4.52. The first-order valence-corrected chi connectivity index (χ1v) is 14.1. The second-order valence-electron chi connectivity index (χ2n) is 9.13. The molecule has 0 saturated heterocycles. The number of aryl methyl sites for hydroxylation is 1. The third-order valence-electron chi connectivity index (χ3n) is 6.39. The molecule has 0 unspecified atom stereocenters. The van der Waals surface area contributed by atoms with Gasteiger partial charge in [-0.15, -0.1) is 0 Å². The molecule has 11 nitrogen and oxygen atoms in total. The van der Waals surface area contributed by atoms with Gasteiger partial charge in [-0.25, -0.2) is 12.8 Å². The number of sulfonamides is 1. The zero-order chi connectivity index (χ0) is 30.3. The van der Waals surface area contributed by atoms with Crippen LogP contribution < -0.4 is 14.4 Å². The van der Waals surface area contributed by atoms with E-state index in [1.165, 1.54) is 86.5 Å². The maximum atomic E-state index is 13.9. The smallest absolute Gasteiger partial charge is 0.273 e. The quantitative estimate of drug-likeness (QED) is 0.252. The average molecular weight is 587 g/mol. The van der Waals surface area contributed by atoms with Crippen LogP contribution in [0.25, 0.3) is 0 Å². The summed E-state index contributed by atoms with van der Waals surface area (Å²) >= 11 is 0. The Bertz CT molecular complexity index is 1510. The minimum absolute atomic E-state index is 0.0924. The van der Waals surface area contributed by atoms with Gasteiger partial charge >= 0.3 is 0 Å². The van der Waals surface area contributed by atoms with E-state index in [4.69, 9.17) is 4.74 Å². The van der Waals surface area contributed by atoms with E-state index in [1.807, 2.05) is 0 Å². The van der Waals surface area contributed by atoms with Crippen LogP contribution >= 0.6 is 0 Å². The number of halogens is 1. The number of carbonyl (C=O) groups is 2. The fourth-order valence-corrected chi connectivity index (χ4v) is 5.48. The number of hydrogen-bond donors (Lipinski definition) is 1. The van der Waals surface area contributed by atoms with Crippen LogP contribution in [0.15, 0.2) is 71.6 Å². The van der Waals surface area contributed by atoms with Crippen LogP contribution in [0, 0.1) is 22.9 Å². The maximum Gasteiger partial charge on any atom is 0.273 e. The molecule has 0 heterocycles. The highest BCUT2D eigenvalue weighted by Gasteiger charge is 2.33. The maximum absolute atomic E-state index is 13.9. The van der Waals surface area contributed by atoms with Gasteiger partial charge in [-0.3, -0.25) is 24.0 Å². The number of hydrogen-bond acceptors (Lipinski definition) is 7. The molecule has 0 fully saturated rings.